The van der Waals surface area contributed by atoms with Crippen LogP contribution in [0.15, 0.2) is 18.7 Å². The van der Waals surface area contributed by atoms with Gasteiger partial charge < -0.3 is 9.30 Å². The Morgan fingerprint density at radius 1 is 1.67 bits per heavy atom. The molecule has 1 aromatic rings. The van der Waals surface area contributed by atoms with Crippen molar-refractivity contribution in [3.63, 3.8) is 0 Å². The Kier molecular flexibility index (Phi) is 5.69. The molecule has 0 fully saturated rings. The van der Waals surface area contributed by atoms with Gasteiger partial charge in [-0.3, -0.25) is 4.79 Å². The van der Waals surface area contributed by atoms with E-state index < -0.39 is 0 Å². The molecule has 0 aromatic carbocycles. The first-order valence-electron chi connectivity index (χ1n) is 3.69. The van der Waals surface area contributed by atoms with E-state index >= 15 is 0 Å². The molecule has 12 heavy (non-hydrogen) atoms. The van der Waals surface area contributed by atoms with Crippen molar-refractivity contribution in [1.82, 2.24) is 9.55 Å². The van der Waals surface area contributed by atoms with E-state index in [2.05, 4.69) is 9.72 Å². The normalized spacial score (nSPS) is 8.25. The number of aryl methyl sites for hydroxylation is 1. The van der Waals surface area contributed by atoms with Crippen molar-refractivity contribution in [1.29, 1.82) is 0 Å². The summed E-state index contributed by atoms with van der Waals surface area (Å²) in [6.45, 7) is 1.76. The first kappa shape index (κ1) is 10.7. The molecule has 1 rings (SSSR count). The summed E-state index contributed by atoms with van der Waals surface area (Å²) < 4.78 is 6.15. The lowest BCUT2D eigenvalue weighted by Gasteiger charge is -1.87. The summed E-state index contributed by atoms with van der Waals surface area (Å²) in [5, 5.41) is 0. The zero-order valence-electron chi connectivity index (χ0n) is 7.65. The second-order valence-corrected chi connectivity index (χ2v) is 2.16. The summed E-state index contributed by atoms with van der Waals surface area (Å²) in [4.78, 5) is 13.7. The number of carbonyl (C=O) groups is 1. The van der Waals surface area contributed by atoms with Crippen LogP contribution in [0.25, 0.3) is 0 Å². The van der Waals surface area contributed by atoms with Gasteiger partial charge in [-0.05, 0) is 0 Å². The second-order valence-electron chi connectivity index (χ2n) is 2.16. The monoisotopic (exact) mass is 170 g/mol. The van der Waals surface area contributed by atoms with Crippen LogP contribution in [0.3, 0.4) is 0 Å². The van der Waals surface area contributed by atoms with Crippen LogP contribution in [-0.4, -0.2) is 22.6 Å². The van der Waals surface area contributed by atoms with Crippen LogP contribution < -0.4 is 0 Å². The lowest BCUT2D eigenvalue weighted by Crippen LogP contribution is -1.94. The highest BCUT2D eigenvalue weighted by Gasteiger charge is 1.87. The number of imidazole rings is 1. The van der Waals surface area contributed by atoms with Gasteiger partial charge in [-0.2, -0.15) is 0 Å². The standard InChI is InChI=1S/C4H6N2.C4H8O2/c1-6-3-2-5-4-6;1-3-4(5)6-2/h2-4H,1H3;3H2,1-2H3. The highest BCUT2D eigenvalue weighted by atomic mass is 16.5. The minimum atomic E-state index is -0.157. The van der Waals surface area contributed by atoms with Gasteiger partial charge >= 0.3 is 5.97 Å². The van der Waals surface area contributed by atoms with Crippen molar-refractivity contribution in [3.8, 4) is 0 Å². The third kappa shape index (κ3) is 5.46. The Morgan fingerprint density at radius 3 is 2.42 bits per heavy atom. The number of ether oxygens (including phenoxy) is 1. The van der Waals surface area contributed by atoms with E-state index in [0.717, 1.165) is 0 Å². The smallest absolute Gasteiger partial charge is 0.305 e. The zero-order chi connectivity index (χ0) is 9.40. The number of nitrogens with zero attached hydrogens (tertiary/aromatic N) is 2. The summed E-state index contributed by atoms with van der Waals surface area (Å²) in [5.41, 5.74) is 0. The van der Waals surface area contributed by atoms with E-state index in [1.165, 1.54) is 7.11 Å². The Morgan fingerprint density at radius 2 is 2.33 bits per heavy atom. The Hall–Kier alpha value is -1.32. The molecule has 1 aromatic heterocycles. The maximum Gasteiger partial charge on any atom is 0.305 e. The van der Waals surface area contributed by atoms with Gasteiger partial charge in [0.1, 0.15) is 0 Å². The molecule has 0 aliphatic rings. The molecule has 0 unspecified atom stereocenters. The summed E-state index contributed by atoms with van der Waals surface area (Å²) in [6, 6.07) is 0. The zero-order valence-corrected chi connectivity index (χ0v) is 7.65. The van der Waals surface area contributed by atoms with E-state index in [-0.39, 0.29) is 5.97 Å². The molecule has 0 radical (unpaired) electrons. The Labute approximate surface area is 72.2 Å². The number of esters is 1. The molecule has 0 N–H and O–H groups in total. The van der Waals surface area contributed by atoms with Gasteiger partial charge in [0.25, 0.3) is 0 Å². The van der Waals surface area contributed by atoms with Crippen molar-refractivity contribution in [2.45, 2.75) is 13.3 Å². The largest absolute Gasteiger partial charge is 0.469 e. The van der Waals surface area contributed by atoms with Gasteiger partial charge in [0.15, 0.2) is 0 Å². The van der Waals surface area contributed by atoms with E-state index in [1.807, 2.05) is 17.8 Å². The Balaban J connectivity index is 0.000000202. The molecule has 0 amide bonds. The molecule has 0 saturated heterocycles. The summed E-state index contributed by atoms with van der Waals surface area (Å²) >= 11 is 0. The first-order valence-corrected chi connectivity index (χ1v) is 3.69. The van der Waals surface area contributed by atoms with Gasteiger partial charge in [-0.15, -0.1) is 0 Å². The predicted molar refractivity (Wildman–Crippen MR) is 45.5 cm³/mol. The van der Waals surface area contributed by atoms with Crippen LogP contribution in [0.4, 0.5) is 0 Å². The third-order valence-electron chi connectivity index (χ3n) is 1.15. The van der Waals surface area contributed by atoms with Gasteiger partial charge in [0, 0.05) is 25.9 Å². The van der Waals surface area contributed by atoms with Crippen LogP contribution in [0, 0.1) is 0 Å². The molecule has 0 spiro atoms. The molecule has 4 nitrogen and oxygen atoms in total. The fraction of sp³-hybridized carbons (Fsp3) is 0.500. The van der Waals surface area contributed by atoms with Gasteiger partial charge in [-0.1, -0.05) is 6.92 Å². The van der Waals surface area contributed by atoms with Crippen molar-refractivity contribution < 1.29 is 9.53 Å². The average Bonchev–Trinajstić information content (AvgIpc) is 2.55. The molecule has 4 heteroatoms. The molecule has 1 heterocycles. The van der Waals surface area contributed by atoms with Crippen LogP contribution in [0.2, 0.25) is 0 Å². The van der Waals surface area contributed by atoms with Crippen molar-refractivity contribution in [2.75, 3.05) is 7.11 Å². The summed E-state index contributed by atoms with van der Waals surface area (Å²) in [5.74, 6) is -0.157. The lowest BCUT2D eigenvalue weighted by molar-refractivity contribution is -0.140. The maximum atomic E-state index is 9.96. The predicted octanol–water partition coefficient (Wildman–Crippen LogP) is 0.989. The van der Waals surface area contributed by atoms with Gasteiger partial charge in [0.05, 0.1) is 13.4 Å². The van der Waals surface area contributed by atoms with Crippen molar-refractivity contribution in [2.24, 2.45) is 7.05 Å². The molecule has 0 atom stereocenters. The quantitative estimate of drug-likeness (QED) is 0.590. The number of carbonyl (C=O) groups excluding carboxylic acids is 1. The number of rotatable bonds is 1. The van der Waals surface area contributed by atoms with E-state index in [4.69, 9.17) is 0 Å². The molecule has 0 aliphatic heterocycles. The highest BCUT2D eigenvalue weighted by molar-refractivity contribution is 5.68. The van der Waals surface area contributed by atoms with Crippen molar-refractivity contribution >= 4 is 5.97 Å². The number of hydrogen-bond acceptors (Lipinski definition) is 3. The lowest BCUT2D eigenvalue weighted by atomic mass is 10.5. The third-order valence-corrected chi connectivity index (χ3v) is 1.15. The van der Waals surface area contributed by atoms with E-state index in [1.54, 1.807) is 19.4 Å². The molecule has 0 aliphatic carbocycles. The molecular weight excluding hydrogens is 156 g/mol. The topological polar surface area (TPSA) is 44.1 Å². The van der Waals surface area contributed by atoms with Gasteiger partial charge in [-0.25, -0.2) is 4.98 Å². The van der Waals surface area contributed by atoms with Gasteiger partial charge in [0.2, 0.25) is 0 Å². The fourth-order valence-electron chi connectivity index (χ4n) is 0.470. The maximum absolute atomic E-state index is 9.96. The van der Waals surface area contributed by atoms with E-state index in [0.29, 0.717) is 6.42 Å². The van der Waals surface area contributed by atoms with E-state index in [9.17, 15) is 4.79 Å². The fourth-order valence-corrected chi connectivity index (χ4v) is 0.470. The van der Waals surface area contributed by atoms with Crippen LogP contribution in [0.5, 0.6) is 0 Å². The van der Waals surface area contributed by atoms with Crippen LogP contribution in [0.1, 0.15) is 13.3 Å². The first-order chi connectivity index (χ1) is 5.70. The number of hydrogen-bond donors (Lipinski definition) is 0. The highest BCUT2D eigenvalue weighted by Crippen LogP contribution is 1.76. The minimum absolute atomic E-state index is 0.157. The minimum Gasteiger partial charge on any atom is -0.469 e. The molecular formula is C8H14N2O2. The summed E-state index contributed by atoms with van der Waals surface area (Å²) in [6.07, 6.45) is 5.86. The number of methoxy groups -OCH3 is 1. The second kappa shape index (κ2) is 6.39. The average molecular weight is 170 g/mol. The molecule has 68 valence electrons. The molecule has 0 saturated carbocycles. The summed E-state index contributed by atoms with van der Waals surface area (Å²) in [7, 11) is 3.32. The SMILES string of the molecule is CCC(=O)OC.Cn1ccnc1. The van der Waals surface area contributed by atoms with Crippen LogP contribution in [-0.2, 0) is 16.6 Å². The van der Waals surface area contributed by atoms with Crippen molar-refractivity contribution in [3.05, 3.63) is 18.7 Å². The Bertz CT molecular complexity index is 201. The molecule has 0 bridgehead atoms. The van der Waals surface area contributed by atoms with Crippen LogP contribution >= 0.6 is 0 Å². The number of aromatic nitrogens is 2.